The summed E-state index contributed by atoms with van der Waals surface area (Å²) in [6, 6.07) is 11.5. The Hall–Kier alpha value is -2.75. The van der Waals surface area contributed by atoms with Crippen LogP contribution in [0, 0.1) is 13.8 Å². The molecule has 4 nitrogen and oxygen atoms in total. The van der Waals surface area contributed by atoms with Crippen LogP contribution in [0.2, 0.25) is 0 Å². The molecule has 0 bridgehead atoms. The predicted octanol–water partition coefficient (Wildman–Crippen LogP) is 3.62. The molecule has 0 aliphatic carbocycles. The van der Waals surface area contributed by atoms with E-state index >= 15 is 0 Å². The van der Waals surface area contributed by atoms with Crippen LogP contribution in [-0.2, 0) is 0 Å². The second-order valence-corrected chi connectivity index (χ2v) is 5.28. The van der Waals surface area contributed by atoms with Crippen LogP contribution < -0.4 is 11.1 Å². The number of nitrogens with one attached hydrogen (secondary N) is 2. The molecule has 0 radical (unpaired) electrons. The number of anilines is 2. The molecular weight excluding hydrogens is 262 g/mol. The van der Waals surface area contributed by atoms with Crippen molar-refractivity contribution in [1.29, 1.82) is 0 Å². The van der Waals surface area contributed by atoms with Crippen molar-refractivity contribution in [2.75, 3.05) is 11.1 Å². The lowest BCUT2D eigenvalue weighted by molar-refractivity contribution is 0.102. The zero-order valence-electron chi connectivity index (χ0n) is 12.0. The standard InChI is InChI=1S/C17H17N3O/c1-10-3-4-11(2)15(7-10)20-17(21)14-9-19-16-8-12(18)5-6-13(14)16/h3-9,19H,18H2,1-2H3,(H,20,21). The lowest BCUT2D eigenvalue weighted by atomic mass is 10.1. The number of fused-ring (bicyclic) bond motifs is 1. The molecule has 0 spiro atoms. The lowest BCUT2D eigenvalue weighted by Crippen LogP contribution is -2.12. The third-order valence-electron chi connectivity index (χ3n) is 3.59. The number of rotatable bonds is 2. The number of carbonyl (C=O) groups is 1. The highest BCUT2D eigenvalue weighted by atomic mass is 16.1. The topological polar surface area (TPSA) is 70.9 Å². The van der Waals surface area contributed by atoms with Gasteiger partial charge in [-0.1, -0.05) is 12.1 Å². The summed E-state index contributed by atoms with van der Waals surface area (Å²) in [7, 11) is 0. The molecule has 3 aromatic rings. The molecule has 1 amide bonds. The van der Waals surface area contributed by atoms with E-state index in [0.717, 1.165) is 27.7 Å². The van der Waals surface area contributed by atoms with Gasteiger partial charge < -0.3 is 16.0 Å². The summed E-state index contributed by atoms with van der Waals surface area (Å²) in [5, 5.41) is 3.84. The predicted molar refractivity (Wildman–Crippen MR) is 86.6 cm³/mol. The smallest absolute Gasteiger partial charge is 0.257 e. The molecule has 0 fully saturated rings. The zero-order valence-corrected chi connectivity index (χ0v) is 12.0. The van der Waals surface area contributed by atoms with Gasteiger partial charge in [0.1, 0.15) is 0 Å². The number of carbonyl (C=O) groups excluding carboxylic acids is 1. The fraction of sp³-hybridized carbons (Fsp3) is 0.118. The molecule has 3 rings (SSSR count). The number of H-pyrrole nitrogens is 1. The zero-order chi connectivity index (χ0) is 15.0. The van der Waals surface area contributed by atoms with E-state index in [9.17, 15) is 4.79 Å². The Bertz CT molecular complexity index is 833. The molecule has 0 saturated heterocycles. The number of nitrogen functional groups attached to an aromatic ring is 1. The molecule has 0 saturated carbocycles. The van der Waals surface area contributed by atoms with E-state index in [4.69, 9.17) is 5.73 Å². The minimum Gasteiger partial charge on any atom is -0.399 e. The Morgan fingerprint density at radius 2 is 1.95 bits per heavy atom. The molecule has 2 aromatic carbocycles. The number of aryl methyl sites for hydroxylation is 2. The number of nitrogens with two attached hydrogens (primary N) is 1. The van der Waals surface area contributed by atoms with Crippen LogP contribution in [0.4, 0.5) is 11.4 Å². The quantitative estimate of drug-likeness (QED) is 0.627. The minimum atomic E-state index is -0.125. The maximum absolute atomic E-state index is 12.5. The summed E-state index contributed by atoms with van der Waals surface area (Å²) < 4.78 is 0. The molecule has 1 heterocycles. The molecule has 106 valence electrons. The average molecular weight is 279 g/mol. The molecule has 1 aromatic heterocycles. The fourth-order valence-corrected chi connectivity index (χ4v) is 2.39. The Kier molecular flexibility index (Phi) is 3.14. The van der Waals surface area contributed by atoms with E-state index in [2.05, 4.69) is 10.3 Å². The van der Waals surface area contributed by atoms with Crippen LogP contribution in [-0.4, -0.2) is 10.9 Å². The maximum Gasteiger partial charge on any atom is 0.257 e. The third kappa shape index (κ3) is 2.48. The largest absolute Gasteiger partial charge is 0.399 e. The molecule has 0 aliphatic heterocycles. The third-order valence-corrected chi connectivity index (χ3v) is 3.59. The van der Waals surface area contributed by atoms with Gasteiger partial charge in [0.15, 0.2) is 0 Å². The molecule has 0 atom stereocenters. The number of amides is 1. The minimum absolute atomic E-state index is 0.125. The van der Waals surface area contributed by atoms with E-state index in [1.54, 1.807) is 12.3 Å². The highest BCUT2D eigenvalue weighted by molar-refractivity contribution is 6.13. The van der Waals surface area contributed by atoms with Gasteiger partial charge in [-0.3, -0.25) is 4.79 Å². The second kappa shape index (κ2) is 4.98. The van der Waals surface area contributed by atoms with Gasteiger partial charge in [0, 0.05) is 28.5 Å². The van der Waals surface area contributed by atoms with E-state index < -0.39 is 0 Å². The summed E-state index contributed by atoms with van der Waals surface area (Å²) in [4.78, 5) is 15.6. The molecule has 0 unspecified atom stereocenters. The van der Waals surface area contributed by atoms with E-state index in [-0.39, 0.29) is 5.91 Å². The lowest BCUT2D eigenvalue weighted by Gasteiger charge is -2.09. The first-order valence-electron chi connectivity index (χ1n) is 6.80. The van der Waals surface area contributed by atoms with Crippen LogP contribution >= 0.6 is 0 Å². The summed E-state index contributed by atoms with van der Waals surface area (Å²) in [5.74, 6) is -0.125. The van der Waals surface area contributed by atoms with Crippen LogP contribution in [0.15, 0.2) is 42.6 Å². The number of hydrogen-bond acceptors (Lipinski definition) is 2. The molecule has 0 aliphatic rings. The van der Waals surface area contributed by atoms with Gasteiger partial charge in [-0.2, -0.15) is 0 Å². The van der Waals surface area contributed by atoms with Crippen molar-refractivity contribution in [3.05, 3.63) is 59.3 Å². The summed E-state index contributed by atoms with van der Waals surface area (Å²) in [6.45, 7) is 3.98. The molecule has 4 N–H and O–H groups in total. The SMILES string of the molecule is Cc1ccc(C)c(NC(=O)c2c[nH]c3cc(N)ccc23)c1. The maximum atomic E-state index is 12.5. The number of aromatic amines is 1. The van der Waals surface area contributed by atoms with Crippen molar-refractivity contribution in [2.24, 2.45) is 0 Å². The summed E-state index contributed by atoms with van der Waals surface area (Å²) in [5.41, 5.74) is 10.9. The first kappa shape index (κ1) is 13.2. The molecule has 21 heavy (non-hydrogen) atoms. The van der Waals surface area contributed by atoms with Gasteiger partial charge >= 0.3 is 0 Å². The first-order valence-corrected chi connectivity index (χ1v) is 6.80. The van der Waals surface area contributed by atoms with Gasteiger partial charge in [0.2, 0.25) is 0 Å². The Morgan fingerprint density at radius 3 is 2.76 bits per heavy atom. The number of aromatic nitrogens is 1. The van der Waals surface area contributed by atoms with E-state index in [1.807, 2.05) is 44.2 Å². The van der Waals surface area contributed by atoms with Gasteiger partial charge in [-0.25, -0.2) is 0 Å². The van der Waals surface area contributed by atoms with Gasteiger partial charge in [-0.15, -0.1) is 0 Å². The van der Waals surface area contributed by atoms with Crippen molar-refractivity contribution in [3.8, 4) is 0 Å². The Labute approximate surface area is 123 Å². The average Bonchev–Trinajstić information content (AvgIpc) is 2.85. The summed E-state index contributed by atoms with van der Waals surface area (Å²) >= 11 is 0. The van der Waals surface area contributed by atoms with Gasteiger partial charge in [-0.05, 0) is 49.2 Å². The summed E-state index contributed by atoms with van der Waals surface area (Å²) in [6.07, 6.45) is 1.71. The van der Waals surface area contributed by atoms with Crippen LogP contribution in [0.1, 0.15) is 21.5 Å². The van der Waals surface area contributed by atoms with Gasteiger partial charge in [0.25, 0.3) is 5.91 Å². The fourth-order valence-electron chi connectivity index (χ4n) is 2.39. The van der Waals surface area contributed by atoms with E-state index in [1.165, 1.54) is 0 Å². The van der Waals surface area contributed by atoms with Gasteiger partial charge in [0.05, 0.1) is 5.56 Å². The Morgan fingerprint density at radius 1 is 1.14 bits per heavy atom. The van der Waals surface area contributed by atoms with Crippen molar-refractivity contribution < 1.29 is 4.79 Å². The van der Waals surface area contributed by atoms with Crippen LogP contribution in [0.3, 0.4) is 0 Å². The van der Waals surface area contributed by atoms with Crippen molar-refractivity contribution in [1.82, 2.24) is 4.98 Å². The molecule has 4 heteroatoms. The Balaban J connectivity index is 1.95. The molecular formula is C17H17N3O. The van der Waals surface area contributed by atoms with Crippen LogP contribution in [0.25, 0.3) is 10.9 Å². The monoisotopic (exact) mass is 279 g/mol. The van der Waals surface area contributed by atoms with Crippen LogP contribution in [0.5, 0.6) is 0 Å². The van der Waals surface area contributed by atoms with Crippen molar-refractivity contribution in [2.45, 2.75) is 13.8 Å². The highest BCUT2D eigenvalue weighted by Gasteiger charge is 2.13. The number of hydrogen-bond donors (Lipinski definition) is 3. The normalized spacial score (nSPS) is 10.8. The second-order valence-electron chi connectivity index (χ2n) is 5.28. The highest BCUT2D eigenvalue weighted by Crippen LogP contribution is 2.23. The first-order chi connectivity index (χ1) is 10.0. The number of benzene rings is 2. The van der Waals surface area contributed by atoms with E-state index in [0.29, 0.717) is 11.3 Å². The van der Waals surface area contributed by atoms with Crippen molar-refractivity contribution >= 4 is 28.2 Å². The van der Waals surface area contributed by atoms with Crippen molar-refractivity contribution in [3.63, 3.8) is 0 Å².